The molecule has 0 aliphatic carbocycles. The van der Waals surface area contributed by atoms with Crippen molar-refractivity contribution in [1.82, 2.24) is 15.3 Å². The number of nitrogens with zero attached hydrogens (tertiary/aromatic N) is 2. The van der Waals surface area contributed by atoms with Crippen molar-refractivity contribution in [2.75, 3.05) is 22.9 Å². The van der Waals surface area contributed by atoms with Crippen molar-refractivity contribution in [2.24, 2.45) is 0 Å². The third-order valence-electron chi connectivity index (χ3n) is 7.28. The number of halogens is 3. The predicted molar refractivity (Wildman–Crippen MR) is 162 cm³/mol. The first kappa shape index (κ1) is 31.5. The third kappa shape index (κ3) is 9.29. The van der Waals surface area contributed by atoms with Gasteiger partial charge in [-0.15, -0.1) is 0 Å². The minimum absolute atomic E-state index is 0.0173. The van der Waals surface area contributed by atoms with Crippen molar-refractivity contribution >= 4 is 29.1 Å². The number of allylic oxidation sites excluding steroid dienone is 2. The first-order valence-corrected chi connectivity index (χ1v) is 14.5. The molecule has 0 saturated heterocycles. The molecular weight excluding hydrogens is 557 g/mol. The van der Waals surface area contributed by atoms with Gasteiger partial charge < -0.3 is 21.7 Å². The van der Waals surface area contributed by atoms with Gasteiger partial charge in [0.05, 0.1) is 5.56 Å². The lowest BCUT2D eigenvalue weighted by Crippen LogP contribution is -2.33. The molecule has 0 radical (unpaired) electrons. The molecule has 1 aliphatic heterocycles. The molecule has 5 N–H and O–H groups in total. The van der Waals surface area contributed by atoms with Gasteiger partial charge in [-0.2, -0.15) is 13.2 Å². The van der Waals surface area contributed by atoms with E-state index in [0.717, 1.165) is 72.8 Å². The minimum Gasteiger partial charge on any atom is -0.384 e. The number of rotatable bonds is 4. The molecule has 1 aliphatic rings. The number of amides is 2. The highest BCUT2D eigenvalue weighted by Crippen LogP contribution is 2.31. The monoisotopic (exact) mass is 594 g/mol. The summed E-state index contributed by atoms with van der Waals surface area (Å²) in [6.07, 6.45) is 8.82. The summed E-state index contributed by atoms with van der Waals surface area (Å²) in [7, 11) is 0. The van der Waals surface area contributed by atoms with Crippen LogP contribution < -0.4 is 21.7 Å². The molecular formula is C32H37F3N6O2. The molecule has 0 fully saturated rings. The molecule has 2 amide bonds. The van der Waals surface area contributed by atoms with Crippen molar-refractivity contribution < 1.29 is 22.8 Å². The number of carbonyl (C=O) groups is 2. The van der Waals surface area contributed by atoms with Gasteiger partial charge in [0.15, 0.2) is 0 Å². The van der Waals surface area contributed by atoms with Gasteiger partial charge in [-0.3, -0.25) is 9.59 Å². The zero-order chi connectivity index (χ0) is 30.8. The van der Waals surface area contributed by atoms with Crippen LogP contribution >= 0.6 is 0 Å². The molecule has 1 atom stereocenters. The summed E-state index contributed by atoms with van der Waals surface area (Å²) in [5.41, 5.74) is 9.36. The van der Waals surface area contributed by atoms with Crippen molar-refractivity contribution in [2.45, 2.75) is 70.5 Å². The summed E-state index contributed by atoms with van der Waals surface area (Å²) >= 11 is 0. The number of alkyl halides is 3. The lowest BCUT2D eigenvalue weighted by molar-refractivity contribution is -0.137. The van der Waals surface area contributed by atoms with Crippen molar-refractivity contribution in [1.29, 1.82) is 0 Å². The fraction of sp³-hybridized carbons (Fsp3) is 0.375. The van der Waals surface area contributed by atoms with Gasteiger partial charge in [0.2, 0.25) is 5.91 Å². The molecule has 0 spiro atoms. The number of carbonyl (C=O) groups excluding carboxylic acids is 2. The van der Waals surface area contributed by atoms with Crippen LogP contribution in [0.1, 0.15) is 78.1 Å². The highest BCUT2D eigenvalue weighted by Gasteiger charge is 2.31. The van der Waals surface area contributed by atoms with Crippen LogP contribution in [0.25, 0.3) is 0 Å². The predicted octanol–water partition coefficient (Wildman–Crippen LogP) is 6.29. The highest BCUT2D eigenvalue weighted by molar-refractivity contribution is 6.03. The summed E-state index contributed by atoms with van der Waals surface area (Å²) in [5, 5.41) is 9.03. The molecule has 11 heteroatoms. The molecule has 0 bridgehead atoms. The minimum atomic E-state index is -4.54. The standard InChI is InChI=1S/C32H37F3N6O2/c1-21-14-16-38-29-24(8-6-4-2-3-5-7-9-28(42)40-21)20-39-30(36)26(29)18-22-10-12-23(13-11-22)31(43)41-27-19-25(15-17-37-27)32(33,34)35/h4,6,10-13,15,17,19-21,38H,2-3,5,7-9,14,16,18H2,1H3,(H2,36,39)(H,40,42)(H,37,41,43)/b6-4-. The lowest BCUT2D eigenvalue weighted by Gasteiger charge is -2.20. The van der Waals surface area contributed by atoms with Gasteiger partial charge in [0.1, 0.15) is 11.6 Å². The number of pyridine rings is 2. The normalized spacial score (nSPS) is 17.7. The summed E-state index contributed by atoms with van der Waals surface area (Å²) < 4.78 is 39.0. The van der Waals surface area contributed by atoms with Gasteiger partial charge >= 0.3 is 6.18 Å². The maximum Gasteiger partial charge on any atom is 0.416 e. The Balaban J connectivity index is 1.51. The third-order valence-corrected chi connectivity index (χ3v) is 7.28. The Labute approximate surface area is 249 Å². The fourth-order valence-electron chi connectivity index (χ4n) is 4.89. The topological polar surface area (TPSA) is 122 Å². The maximum atomic E-state index is 13.0. The first-order valence-electron chi connectivity index (χ1n) is 14.5. The summed E-state index contributed by atoms with van der Waals surface area (Å²) in [6.45, 7) is 2.62. The molecule has 3 aromatic rings. The van der Waals surface area contributed by atoms with Crippen LogP contribution in [0.2, 0.25) is 0 Å². The van der Waals surface area contributed by atoms with E-state index in [-0.39, 0.29) is 23.3 Å². The van der Waals surface area contributed by atoms with Gasteiger partial charge in [0.25, 0.3) is 5.91 Å². The van der Waals surface area contributed by atoms with Crippen LogP contribution in [0.15, 0.2) is 60.9 Å². The molecule has 3 heterocycles. The first-order chi connectivity index (χ1) is 20.6. The van der Waals surface area contributed by atoms with Crippen LogP contribution in [-0.4, -0.2) is 34.4 Å². The number of anilines is 3. The number of nitrogens with two attached hydrogens (primary N) is 1. The van der Waals surface area contributed by atoms with Gasteiger partial charge in [0, 0.05) is 54.6 Å². The average Bonchev–Trinajstić information content (AvgIpc) is 2.96. The van der Waals surface area contributed by atoms with Crippen LogP contribution in [0, 0.1) is 0 Å². The molecule has 228 valence electrons. The van der Waals surface area contributed by atoms with Crippen LogP contribution in [0.4, 0.5) is 30.5 Å². The Bertz CT molecular complexity index is 1440. The number of nitrogen functional groups attached to an aromatic ring is 1. The molecule has 8 nitrogen and oxygen atoms in total. The quantitative estimate of drug-likeness (QED) is 0.264. The van der Waals surface area contributed by atoms with Gasteiger partial charge in [-0.1, -0.05) is 30.7 Å². The molecule has 0 saturated carbocycles. The Kier molecular flexibility index (Phi) is 10.7. The number of hydrogen-bond donors (Lipinski definition) is 4. The number of hydrogen-bond acceptors (Lipinski definition) is 6. The summed E-state index contributed by atoms with van der Waals surface area (Å²) in [5.74, 6) is -0.289. The van der Waals surface area contributed by atoms with Crippen LogP contribution in [-0.2, 0) is 23.8 Å². The molecule has 1 unspecified atom stereocenters. The van der Waals surface area contributed by atoms with E-state index >= 15 is 0 Å². The second-order valence-electron chi connectivity index (χ2n) is 10.7. The maximum absolute atomic E-state index is 13.0. The molecule has 1 aromatic carbocycles. The van der Waals surface area contributed by atoms with Gasteiger partial charge in [-0.05, 0) is 74.4 Å². The Morgan fingerprint density at radius 3 is 2.65 bits per heavy atom. The molecule has 43 heavy (non-hydrogen) atoms. The van der Waals surface area contributed by atoms with E-state index in [1.165, 1.54) is 0 Å². The van der Waals surface area contributed by atoms with Crippen molar-refractivity contribution in [3.8, 4) is 0 Å². The zero-order valence-corrected chi connectivity index (χ0v) is 24.1. The number of nitrogens with one attached hydrogen (secondary N) is 3. The van der Waals surface area contributed by atoms with E-state index in [1.807, 2.05) is 6.92 Å². The van der Waals surface area contributed by atoms with Gasteiger partial charge in [-0.25, -0.2) is 9.97 Å². The molecule has 2 aromatic heterocycles. The average molecular weight is 595 g/mol. The van der Waals surface area contributed by atoms with E-state index < -0.39 is 17.6 Å². The summed E-state index contributed by atoms with van der Waals surface area (Å²) in [4.78, 5) is 33.2. The Morgan fingerprint density at radius 1 is 1.09 bits per heavy atom. The number of benzene rings is 1. The fourth-order valence-corrected chi connectivity index (χ4v) is 4.89. The largest absolute Gasteiger partial charge is 0.416 e. The van der Waals surface area contributed by atoms with Crippen molar-refractivity contribution in [3.05, 3.63) is 88.8 Å². The van der Waals surface area contributed by atoms with E-state index in [0.29, 0.717) is 31.6 Å². The van der Waals surface area contributed by atoms with Crippen LogP contribution in [0.3, 0.4) is 0 Å². The second kappa shape index (κ2) is 14.7. The summed E-state index contributed by atoms with van der Waals surface area (Å²) in [6, 6.07) is 8.43. The Morgan fingerprint density at radius 2 is 1.88 bits per heavy atom. The SMILES string of the molecule is CC1CCNc2c(cnc(N)c2Cc2ccc(C(=O)Nc3cc(C(F)(F)F)ccn3)cc2)C/C=C\CCCCCC(=O)N1. The lowest BCUT2D eigenvalue weighted by atomic mass is 9.98. The van der Waals surface area contributed by atoms with E-state index in [4.69, 9.17) is 5.73 Å². The smallest absolute Gasteiger partial charge is 0.384 e. The van der Waals surface area contributed by atoms with Crippen molar-refractivity contribution in [3.63, 3.8) is 0 Å². The highest BCUT2D eigenvalue weighted by atomic mass is 19.4. The van der Waals surface area contributed by atoms with Crippen LogP contribution in [0.5, 0.6) is 0 Å². The molecule has 4 rings (SSSR count). The number of fused-ring (bicyclic) bond motifs is 1. The Hall–Kier alpha value is -4.41. The number of aromatic nitrogens is 2. The zero-order valence-electron chi connectivity index (χ0n) is 24.1. The van der Waals surface area contributed by atoms with E-state index in [1.54, 1.807) is 30.5 Å². The van der Waals surface area contributed by atoms with E-state index in [9.17, 15) is 22.8 Å². The second-order valence-corrected chi connectivity index (χ2v) is 10.7. The van der Waals surface area contributed by atoms with E-state index in [2.05, 4.69) is 38.1 Å².